The lowest BCUT2D eigenvalue weighted by atomic mass is 10.1. The zero-order valence-electron chi connectivity index (χ0n) is 13.9. The van der Waals surface area contributed by atoms with Crippen molar-refractivity contribution in [2.24, 2.45) is 0 Å². The molecule has 0 bridgehead atoms. The third-order valence-corrected chi connectivity index (χ3v) is 5.00. The Hall–Kier alpha value is -2.83. The van der Waals surface area contributed by atoms with Gasteiger partial charge in [0.05, 0.1) is 18.5 Å². The number of thiazole rings is 1. The fourth-order valence-electron chi connectivity index (χ4n) is 2.57. The maximum Gasteiger partial charge on any atom is 0.212 e. The molecule has 0 aliphatic rings. The smallest absolute Gasteiger partial charge is 0.212 e. The number of anilines is 1. The fraction of sp³-hybridized carbons (Fsp3) is 0.0526. The molecule has 26 heavy (non-hydrogen) atoms. The van der Waals surface area contributed by atoms with Gasteiger partial charge in [-0.15, -0.1) is 11.3 Å². The van der Waals surface area contributed by atoms with E-state index in [1.165, 1.54) is 11.3 Å². The van der Waals surface area contributed by atoms with Gasteiger partial charge >= 0.3 is 0 Å². The monoisotopic (exact) mass is 382 g/mol. The summed E-state index contributed by atoms with van der Waals surface area (Å²) in [4.78, 5) is 4.65. The number of methoxy groups -OCH3 is 1. The van der Waals surface area contributed by atoms with Crippen LogP contribution < -0.4 is 10.5 Å². The summed E-state index contributed by atoms with van der Waals surface area (Å²) in [5.41, 5.74) is 9.77. The maximum absolute atomic E-state index is 6.16. The molecule has 0 saturated carbocycles. The third kappa shape index (κ3) is 3.16. The van der Waals surface area contributed by atoms with Gasteiger partial charge in [0.25, 0.3) is 0 Å². The second-order valence-electron chi connectivity index (χ2n) is 5.62. The van der Waals surface area contributed by atoms with E-state index in [9.17, 15) is 0 Å². The number of nitrogens with zero attached hydrogens (tertiary/aromatic N) is 3. The SMILES string of the molecule is COc1ccc(-c2cc(N)n(-c3nc(-c4ccc(Cl)cc4)cs3)n2)cc1. The number of nitrogens with two attached hydrogens (primary N) is 1. The average Bonchev–Trinajstić information content (AvgIpc) is 3.29. The average molecular weight is 383 g/mol. The second kappa shape index (κ2) is 6.82. The van der Waals surface area contributed by atoms with Crippen LogP contribution in [0.15, 0.2) is 60.0 Å². The van der Waals surface area contributed by atoms with E-state index < -0.39 is 0 Å². The molecule has 2 aromatic carbocycles. The first kappa shape index (κ1) is 16.6. The van der Waals surface area contributed by atoms with Crippen LogP contribution in [-0.2, 0) is 0 Å². The molecule has 130 valence electrons. The first-order valence-corrected chi connectivity index (χ1v) is 9.11. The molecule has 2 aromatic heterocycles. The number of ether oxygens (including phenoxy) is 1. The molecule has 2 heterocycles. The zero-order valence-corrected chi connectivity index (χ0v) is 15.5. The van der Waals surface area contributed by atoms with E-state index in [-0.39, 0.29) is 0 Å². The summed E-state index contributed by atoms with van der Waals surface area (Å²) in [6, 6.07) is 17.1. The van der Waals surface area contributed by atoms with Crippen molar-refractivity contribution in [2.75, 3.05) is 12.8 Å². The number of hydrogen-bond acceptors (Lipinski definition) is 5. The van der Waals surface area contributed by atoms with Crippen LogP contribution in [-0.4, -0.2) is 21.9 Å². The van der Waals surface area contributed by atoms with Crippen LogP contribution in [0.3, 0.4) is 0 Å². The number of rotatable bonds is 4. The van der Waals surface area contributed by atoms with Crippen molar-refractivity contribution in [2.45, 2.75) is 0 Å². The van der Waals surface area contributed by atoms with Gasteiger partial charge < -0.3 is 10.5 Å². The van der Waals surface area contributed by atoms with Crippen molar-refractivity contribution in [3.63, 3.8) is 0 Å². The quantitative estimate of drug-likeness (QED) is 0.544. The first-order chi connectivity index (χ1) is 12.6. The van der Waals surface area contributed by atoms with Crippen molar-refractivity contribution in [1.29, 1.82) is 0 Å². The first-order valence-electron chi connectivity index (χ1n) is 7.86. The van der Waals surface area contributed by atoms with E-state index in [4.69, 9.17) is 22.1 Å². The van der Waals surface area contributed by atoms with Crippen LogP contribution in [0.25, 0.3) is 27.6 Å². The highest BCUT2D eigenvalue weighted by Gasteiger charge is 2.13. The Morgan fingerprint density at radius 2 is 1.65 bits per heavy atom. The van der Waals surface area contributed by atoms with Crippen molar-refractivity contribution in [1.82, 2.24) is 14.8 Å². The van der Waals surface area contributed by atoms with Crippen LogP contribution in [0.4, 0.5) is 5.82 Å². The lowest BCUT2D eigenvalue weighted by molar-refractivity contribution is 0.415. The van der Waals surface area contributed by atoms with E-state index in [1.54, 1.807) is 11.8 Å². The Morgan fingerprint density at radius 1 is 1.00 bits per heavy atom. The molecule has 0 atom stereocenters. The molecular formula is C19H15ClN4OS. The number of benzene rings is 2. The maximum atomic E-state index is 6.16. The van der Waals surface area contributed by atoms with E-state index in [0.29, 0.717) is 16.0 Å². The summed E-state index contributed by atoms with van der Waals surface area (Å²) in [6.45, 7) is 0. The van der Waals surface area contributed by atoms with Gasteiger partial charge in [-0.25, -0.2) is 4.98 Å². The number of nitrogen functional groups attached to an aromatic ring is 1. The lowest BCUT2D eigenvalue weighted by Crippen LogP contribution is -2.01. The topological polar surface area (TPSA) is 66.0 Å². The van der Waals surface area contributed by atoms with Crippen LogP contribution >= 0.6 is 22.9 Å². The predicted molar refractivity (Wildman–Crippen MR) is 106 cm³/mol. The lowest BCUT2D eigenvalue weighted by Gasteiger charge is -2.00. The molecule has 0 aliphatic heterocycles. The Bertz CT molecular complexity index is 1040. The minimum atomic E-state index is 0.535. The Morgan fingerprint density at radius 3 is 2.35 bits per heavy atom. The van der Waals surface area contributed by atoms with E-state index in [2.05, 4.69) is 10.1 Å². The van der Waals surface area contributed by atoms with Crippen molar-refractivity contribution in [3.8, 4) is 33.4 Å². The van der Waals surface area contributed by atoms with Gasteiger partial charge in [0.2, 0.25) is 5.13 Å². The number of aromatic nitrogens is 3. The molecule has 2 N–H and O–H groups in total. The molecular weight excluding hydrogens is 368 g/mol. The Kier molecular flexibility index (Phi) is 4.36. The molecule has 7 heteroatoms. The molecule has 0 amide bonds. The summed E-state index contributed by atoms with van der Waals surface area (Å²) in [5, 5.41) is 8.00. The summed E-state index contributed by atoms with van der Waals surface area (Å²) in [6.07, 6.45) is 0. The van der Waals surface area contributed by atoms with Gasteiger partial charge in [0.15, 0.2) is 0 Å². The molecule has 5 nitrogen and oxygen atoms in total. The predicted octanol–water partition coefficient (Wildman–Crippen LogP) is 4.91. The number of hydrogen-bond donors (Lipinski definition) is 1. The standard InChI is InChI=1S/C19H15ClN4OS/c1-25-15-8-4-12(5-9-15)16-10-18(21)24(23-16)19-22-17(11-26-19)13-2-6-14(20)7-3-13/h2-11H,21H2,1H3. The molecule has 0 unspecified atom stereocenters. The van der Waals surface area contributed by atoms with Gasteiger partial charge in [0.1, 0.15) is 11.6 Å². The summed E-state index contributed by atoms with van der Waals surface area (Å²) in [7, 11) is 1.64. The van der Waals surface area contributed by atoms with Gasteiger partial charge in [-0.2, -0.15) is 9.78 Å². The highest BCUT2D eigenvalue weighted by atomic mass is 35.5. The molecule has 0 saturated heterocycles. The van der Waals surface area contributed by atoms with Gasteiger partial charge in [-0.1, -0.05) is 23.7 Å². The number of halogens is 1. The molecule has 0 radical (unpaired) electrons. The Balaban J connectivity index is 1.66. The fourth-order valence-corrected chi connectivity index (χ4v) is 3.50. The van der Waals surface area contributed by atoms with Crippen molar-refractivity contribution < 1.29 is 4.74 Å². The highest BCUT2D eigenvalue weighted by Crippen LogP contribution is 2.29. The van der Waals surface area contributed by atoms with Crippen molar-refractivity contribution in [3.05, 3.63) is 65.0 Å². The zero-order chi connectivity index (χ0) is 18.1. The normalized spacial score (nSPS) is 10.8. The summed E-state index contributed by atoms with van der Waals surface area (Å²) < 4.78 is 6.84. The molecule has 4 aromatic rings. The van der Waals surface area contributed by atoms with Crippen LogP contribution in [0.5, 0.6) is 5.75 Å². The molecule has 4 rings (SSSR count). The van der Waals surface area contributed by atoms with E-state index in [1.807, 2.05) is 60.0 Å². The van der Waals surface area contributed by atoms with Gasteiger partial charge in [0, 0.05) is 27.6 Å². The molecule has 0 aliphatic carbocycles. The largest absolute Gasteiger partial charge is 0.497 e. The van der Waals surface area contributed by atoms with Crippen LogP contribution in [0.1, 0.15) is 0 Å². The van der Waals surface area contributed by atoms with E-state index >= 15 is 0 Å². The minimum Gasteiger partial charge on any atom is -0.497 e. The van der Waals surface area contributed by atoms with Crippen molar-refractivity contribution >= 4 is 28.8 Å². The summed E-state index contributed by atoms with van der Waals surface area (Å²) >= 11 is 7.43. The third-order valence-electron chi connectivity index (χ3n) is 3.94. The second-order valence-corrected chi connectivity index (χ2v) is 6.89. The van der Waals surface area contributed by atoms with Gasteiger partial charge in [-0.05, 0) is 36.4 Å². The van der Waals surface area contributed by atoms with E-state index in [0.717, 1.165) is 28.3 Å². The highest BCUT2D eigenvalue weighted by molar-refractivity contribution is 7.12. The summed E-state index contributed by atoms with van der Waals surface area (Å²) in [5.74, 6) is 1.33. The minimum absolute atomic E-state index is 0.535. The Labute approximate surface area is 159 Å². The molecule has 0 spiro atoms. The molecule has 0 fully saturated rings. The van der Waals surface area contributed by atoms with Gasteiger partial charge in [-0.3, -0.25) is 0 Å². The van der Waals surface area contributed by atoms with Crippen LogP contribution in [0, 0.1) is 0 Å². The van der Waals surface area contributed by atoms with Crippen LogP contribution in [0.2, 0.25) is 5.02 Å².